The standard InChI is InChI=1S/C46H50F2N12O7S/c1-46(2,3)56(4)68(65,66)55-38-10-8-35(47)42(34(38)23-49)67-31-6-9-37-33(22-31)44(64)60(27-52-37)30-24-50-45(51-25-30)59-19-17-58(18-20-59)41(62)26-57-15-13-28(14-16-57)32-7-5-29(21-36(32)48)53-39-11-12-40(61)54-43(39)63/h5-10,21-22,24-25,27-28,39,53,55H,11-20,26H2,1-4H3,(H,54,61,63)/t39-/m1/s1. The topological polar surface area (TPSA) is 228 Å². The van der Waals surface area contributed by atoms with Crippen LogP contribution >= 0.6 is 0 Å². The van der Waals surface area contributed by atoms with E-state index in [9.17, 15) is 32.9 Å². The molecular weight excluding hydrogens is 903 g/mol. The summed E-state index contributed by atoms with van der Waals surface area (Å²) in [5.74, 6) is -2.16. The number of benzene rings is 3. The number of halogens is 2. The molecule has 3 saturated heterocycles. The van der Waals surface area contributed by atoms with Crippen LogP contribution in [0.15, 0.2) is 72.0 Å². The largest absolute Gasteiger partial charge is 0.453 e. The Bertz CT molecular complexity index is 2980. The predicted molar refractivity (Wildman–Crippen MR) is 248 cm³/mol. The Morgan fingerprint density at radius 1 is 0.941 bits per heavy atom. The third-order valence-corrected chi connectivity index (χ3v) is 14.2. The number of carbonyl (C=O) groups excluding carboxylic acids is 3. The molecule has 3 aromatic carbocycles. The first-order valence-corrected chi connectivity index (χ1v) is 23.5. The molecule has 3 N–H and O–H groups in total. The maximum Gasteiger partial charge on any atom is 0.301 e. The van der Waals surface area contributed by atoms with Gasteiger partial charge in [0.1, 0.15) is 35.6 Å². The van der Waals surface area contributed by atoms with Crippen LogP contribution in [0, 0.1) is 23.0 Å². The second-order valence-electron chi connectivity index (χ2n) is 17.9. The normalized spacial score (nSPS) is 17.5. The Balaban J connectivity index is 0.850. The van der Waals surface area contributed by atoms with Crippen LogP contribution in [0.1, 0.15) is 63.5 Å². The van der Waals surface area contributed by atoms with Gasteiger partial charge in [-0.2, -0.15) is 18.0 Å². The van der Waals surface area contributed by atoms with E-state index in [0.717, 1.165) is 16.4 Å². The number of rotatable bonds is 12. The molecule has 0 radical (unpaired) electrons. The number of carbonyl (C=O) groups is 3. The molecule has 5 heterocycles. The number of fused-ring (bicyclic) bond motifs is 1. The Morgan fingerprint density at radius 3 is 2.32 bits per heavy atom. The van der Waals surface area contributed by atoms with Gasteiger partial charge in [-0.3, -0.25) is 38.7 Å². The van der Waals surface area contributed by atoms with Crippen molar-refractivity contribution in [2.45, 2.75) is 64.0 Å². The molecule has 2 aromatic heterocycles. The average molecular weight is 953 g/mol. The van der Waals surface area contributed by atoms with Crippen LogP contribution in [0.5, 0.6) is 11.5 Å². The van der Waals surface area contributed by atoms with Gasteiger partial charge < -0.3 is 19.9 Å². The fourth-order valence-corrected chi connectivity index (χ4v) is 9.63. The first-order valence-electron chi connectivity index (χ1n) is 22.0. The summed E-state index contributed by atoms with van der Waals surface area (Å²) in [7, 11) is -2.78. The molecule has 3 aliphatic rings. The first-order chi connectivity index (χ1) is 32.4. The highest BCUT2D eigenvalue weighted by molar-refractivity contribution is 7.90. The highest BCUT2D eigenvalue weighted by atomic mass is 32.2. The lowest BCUT2D eigenvalue weighted by Gasteiger charge is -2.37. The summed E-state index contributed by atoms with van der Waals surface area (Å²) in [5.41, 5.74) is -0.209. The van der Waals surface area contributed by atoms with Crippen molar-refractivity contribution in [3.63, 3.8) is 0 Å². The van der Waals surface area contributed by atoms with Gasteiger partial charge in [0.25, 0.3) is 5.56 Å². The molecule has 0 saturated carbocycles. The van der Waals surface area contributed by atoms with Gasteiger partial charge in [0.05, 0.1) is 41.2 Å². The van der Waals surface area contributed by atoms with Crippen LogP contribution in [-0.2, 0) is 24.6 Å². The molecule has 3 amide bonds. The van der Waals surface area contributed by atoms with Crippen LogP contribution in [0.4, 0.5) is 26.1 Å². The average Bonchev–Trinajstić information content (AvgIpc) is 3.31. The van der Waals surface area contributed by atoms with Gasteiger partial charge in [-0.25, -0.2) is 23.7 Å². The molecule has 3 fully saturated rings. The van der Waals surface area contributed by atoms with E-state index < -0.39 is 50.4 Å². The number of nitriles is 1. The van der Waals surface area contributed by atoms with Gasteiger partial charge in [-0.05, 0) is 107 Å². The van der Waals surface area contributed by atoms with Crippen LogP contribution in [0.25, 0.3) is 16.6 Å². The van der Waals surface area contributed by atoms with Gasteiger partial charge in [0.15, 0.2) is 11.6 Å². The van der Waals surface area contributed by atoms with Gasteiger partial charge >= 0.3 is 10.2 Å². The van der Waals surface area contributed by atoms with Crippen molar-refractivity contribution in [2.24, 2.45) is 0 Å². The van der Waals surface area contributed by atoms with E-state index in [1.807, 2.05) is 15.9 Å². The zero-order chi connectivity index (χ0) is 48.5. The van der Waals surface area contributed by atoms with E-state index in [0.29, 0.717) is 86.9 Å². The number of ether oxygens (including phenoxy) is 1. The minimum absolute atomic E-state index is 0.00224. The third kappa shape index (κ3) is 10.2. The number of nitrogens with zero attached hydrogens (tertiary/aromatic N) is 9. The van der Waals surface area contributed by atoms with Crippen LogP contribution in [0.3, 0.4) is 0 Å². The molecule has 356 valence electrons. The van der Waals surface area contributed by atoms with Crippen molar-refractivity contribution in [3.05, 3.63) is 100 Å². The van der Waals surface area contributed by atoms with Crippen LogP contribution in [-0.4, -0.2) is 124 Å². The quantitative estimate of drug-likeness (QED) is 0.149. The fraction of sp³-hybridized carbons (Fsp3) is 0.391. The number of piperidine rings is 2. The summed E-state index contributed by atoms with van der Waals surface area (Å²) in [6, 6.07) is 12.5. The summed E-state index contributed by atoms with van der Waals surface area (Å²) < 4.78 is 67.0. The van der Waals surface area contributed by atoms with Gasteiger partial charge in [-0.15, -0.1) is 0 Å². The second kappa shape index (κ2) is 19.3. The minimum atomic E-state index is -4.15. The number of nitrogens with one attached hydrogen (secondary N) is 3. The molecule has 0 spiro atoms. The third-order valence-electron chi connectivity index (χ3n) is 12.5. The summed E-state index contributed by atoms with van der Waals surface area (Å²) >= 11 is 0. The highest BCUT2D eigenvalue weighted by Crippen LogP contribution is 2.35. The lowest BCUT2D eigenvalue weighted by Crippen LogP contribution is -2.52. The van der Waals surface area contributed by atoms with Crippen molar-refractivity contribution in [1.29, 1.82) is 5.26 Å². The maximum atomic E-state index is 15.3. The number of aromatic nitrogens is 4. The molecule has 3 aliphatic heterocycles. The molecule has 0 aliphatic carbocycles. The second-order valence-corrected chi connectivity index (χ2v) is 19.6. The number of piperazine rings is 1. The zero-order valence-corrected chi connectivity index (χ0v) is 38.6. The Hall–Kier alpha value is -7.09. The van der Waals surface area contributed by atoms with Crippen LogP contribution in [0.2, 0.25) is 0 Å². The van der Waals surface area contributed by atoms with E-state index in [1.165, 1.54) is 54.6 Å². The summed E-state index contributed by atoms with van der Waals surface area (Å²) in [5, 5.41) is 15.4. The molecule has 0 bridgehead atoms. The predicted octanol–water partition coefficient (Wildman–Crippen LogP) is 4.25. The number of amides is 3. The smallest absolute Gasteiger partial charge is 0.301 e. The van der Waals surface area contributed by atoms with E-state index in [-0.39, 0.29) is 53.3 Å². The zero-order valence-electron chi connectivity index (χ0n) is 37.8. The van der Waals surface area contributed by atoms with Crippen molar-refractivity contribution >= 4 is 56.2 Å². The van der Waals surface area contributed by atoms with Gasteiger partial charge in [0, 0.05) is 50.9 Å². The monoisotopic (exact) mass is 952 g/mol. The Kier molecular flexibility index (Phi) is 13.4. The maximum absolute atomic E-state index is 15.3. The summed E-state index contributed by atoms with van der Waals surface area (Å²) in [4.78, 5) is 70.0. The fourth-order valence-electron chi connectivity index (χ4n) is 8.32. The molecule has 1 atom stereocenters. The van der Waals surface area contributed by atoms with Gasteiger partial charge in [-0.1, -0.05) is 6.07 Å². The number of hydrogen-bond acceptors (Lipinski definition) is 14. The number of imide groups is 1. The Morgan fingerprint density at radius 2 is 1.66 bits per heavy atom. The van der Waals surface area contributed by atoms with Crippen LogP contribution < -0.4 is 30.6 Å². The van der Waals surface area contributed by atoms with Gasteiger partial charge in [0.2, 0.25) is 23.7 Å². The molecule has 8 rings (SSSR count). The van der Waals surface area contributed by atoms with Crippen molar-refractivity contribution in [2.75, 3.05) is 67.8 Å². The number of likely N-dealkylation sites (tertiary alicyclic amines) is 1. The minimum Gasteiger partial charge on any atom is -0.453 e. The molecule has 22 heteroatoms. The molecule has 19 nitrogen and oxygen atoms in total. The van der Waals surface area contributed by atoms with E-state index in [4.69, 9.17) is 4.74 Å². The van der Waals surface area contributed by atoms with Crippen molar-refractivity contribution in [1.82, 2.24) is 38.9 Å². The number of anilines is 3. The van der Waals surface area contributed by atoms with E-state index in [2.05, 4.69) is 35.2 Å². The summed E-state index contributed by atoms with van der Waals surface area (Å²) in [6.45, 7) is 8.48. The summed E-state index contributed by atoms with van der Waals surface area (Å²) in [6.07, 6.45) is 6.24. The molecule has 0 unspecified atom stereocenters. The lowest BCUT2D eigenvalue weighted by atomic mass is 9.89. The number of hydrogen-bond donors (Lipinski definition) is 3. The molecule has 68 heavy (non-hydrogen) atoms. The van der Waals surface area contributed by atoms with E-state index >= 15 is 8.78 Å². The Labute approximate surface area is 390 Å². The first kappa shape index (κ1) is 47.4. The SMILES string of the molecule is CN(C(C)(C)C)S(=O)(=O)Nc1ccc(F)c(Oc2ccc3ncn(-c4cnc(N5CCN(C(=O)CN6CCC(c7ccc(N[C@@H]8CCC(=O)NC8=O)cc7F)CC6)CC5)nc4)c(=O)c3c2)c1C#N. The van der Waals surface area contributed by atoms with Crippen molar-refractivity contribution < 1.29 is 36.3 Å². The molecular formula is C46H50F2N12O7S. The highest BCUT2D eigenvalue weighted by Gasteiger charge is 2.32. The molecule has 5 aromatic rings. The van der Waals surface area contributed by atoms with E-state index in [1.54, 1.807) is 32.9 Å². The van der Waals surface area contributed by atoms with Crippen molar-refractivity contribution in [3.8, 4) is 23.3 Å². The lowest BCUT2D eigenvalue weighted by molar-refractivity contribution is -0.134.